The number of carbonyl (C=O) groups excluding carboxylic acids is 1. The average Bonchev–Trinajstić information content (AvgIpc) is 2.90. The number of aromatic nitrogens is 2. The van der Waals surface area contributed by atoms with Crippen molar-refractivity contribution >= 4 is 5.91 Å². The third-order valence-corrected chi connectivity index (χ3v) is 3.42. The SMILES string of the molecule is CN(C)CC[C@H](NC(=O)c1cncn1C)c1ccccc1. The first-order chi connectivity index (χ1) is 10.1. The Morgan fingerprint density at radius 1 is 1.33 bits per heavy atom. The van der Waals surface area contributed by atoms with Gasteiger partial charge in [0.05, 0.1) is 18.6 Å². The van der Waals surface area contributed by atoms with Gasteiger partial charge < -0.3 is 14.8 Å². The molecule has 0 saturated heterocycles. The largest absolute Gasteiger partial charge is 0.344 e. The maximum atomic E-state index is 12.4. The topological polar surface area (TPSA) is 50.2 Å². The van der Waals surface area contributed by atoms with Gasteiger partial charge in [-0.15, -0.1) is 0 Å². The van der Waals surface area contributed by atoms with E-state index < -0.39 is 0 Å². The van der Waals surface area contributed by atoms with Crippen LogP contribution in [0.4, 0.5) is 0 Å². The fourth-order valence-corrected chi connectivity index (χ4v) is 2.20. The van der Waals surface area contributed by atoms with Gasteiger partial charge in [-0.05, 0) is 32.6 Å². The number of hydrogen-bond donors (Lipinski definition) is 1. The summed E-state index contributed by atoms with van der Waals surface area (Å²) in [6, 6.07) is 10.1. The summed E-state index contributed by atoms with van der Waals surface area (Å²) in [4.78, 5) is 18.5. The van der Waals surface area contributed by atoms with Crippen molar-refractivity contribution < 1.29 is 4.79 Å². The molecule has 0 aliphatic heterocycles. The molecule has 1 atom stereocenters. The molecule has 0 aliphatic carbocycles. The molecule has 0 fully saturated rings. The summed E-state index contributed by atoms with van der Waals surface area (Å²) in [5, 5.41) is 3.11. The number of aryl methyl sites for hydroxylation is 1. The van der Waals surface area contributed by atoms with E-state index in [4.69, 9.17) is 0 Å². The van der Waals surface area contributed by atoms with Gasteiger partial charge in [-0.2, -0.15) is 0 Å². The number of imidazole rings is 1. The smallest absolute Gasteiger partial charge is 0.270 e. The number of carbonyl (C=O) groups is 1. The molecule has 1 aromatic heterocycles. The minimum atomic E-state index is -0.0948. The molecule has 21 heavy (non-hydrogen) atoms. The normalized spacial score (nSPS) is 12.4. The molecule has 0 bridgehead atoms. The summed E-state index contributed by atoms with van der Waals surface area (Å²) in [5.41, 5.74) is 1.69. The third kappa shape index (κ3) is 4.16. The number of amides is 1. The minimum Gasteiger partial charge on any atom is -0.344 e. The summed E-state index contributed by atoms with van der Waals surface area (Å²) in [7, 11) is 5.88. The van der Waals surface area contributed by atoms with Crippen LogP contribution in [0.25, 0.3) is 0 Å². The molecular formula is C16H22N4O. The van der Waals surface area contributed by atoms with E-state index in [-0.39, 0.29) is 11.9 Å². The van der Waals surface area contributed by atoms with Crippen molar-refractivity contribution in [3.05, 3.63) is 54.1 Å². The molecule has 5 heteroatoms. The van der Waals surface area contributed by atoms with Crippen LogP contribution in [0.2, 0.25) is 0 Å². The summed E-state index contributed by atoms with van der Waals surface area (Å²) >= 11 is 0. The Hall–Kier alpha value is -2.14. The van der Waals surface area contributed by atoms with Gasteiger partial charge in [0.15, 0.2) is 0 Å². The summed E-state index contributed by atoms with van der Waals surface area (Å²) in [6.07, 6.45) is 4.08. The standard InChI is InChI=1S/C16H22N4O/c1-19(2)10-9-14(13-7-5-4-6-8-13)18-16(21)15-11-17-12-20(15)3/h4-8,11-12,14H,9-10H2,1-3H3,(H,18,21)/t14-/m0/s1. The zero-order chi connectivity index (χ0) is 15.2. The van der Waals surface area contributed by atoms with Gasteiger partial charge in [-0.25, -0.2) is 4.98 Å². The maximum Gasteiger partial charge on any atom is 0.270 e. The first kappa shape index (κ1) is 15.3. The molecule has 1 amide bonds. The van der Waals surface area contributed by atoms with Crippen LogP contribution in [0.3, 0.4) is 0 Å². The zero-order valence-electron chi connectivity index (χ0n) is 12.8. The highest BCUT2D eigenvalue weighted by Crippen LogP contribution is 2.17. The summed E-state index contributed by atoms with van der Waals surface area (Å²) in [6.45, 7) is 0.908. The molecule has 0 saturated carbocycles. The van der Waals surface area contributed by atoms with Gasteiger partial charge in [-0.3, -0.25) is 4.79 Å². The van der Waals surface area contributed by atoms with Gasteiger partial charge in [0.2, 0.25) is 0 Å². The van der Waals surface area contributed by atoms with Gasteiger partial charge in [0.1, 0.15) is 5.69 Å². The predicted octanol–water partition coefficient (Wildman–Crippen LogP) is 1.84. The van der Waals surface area contributed by atoms with Crippen LogP contribution in [0, 0.1) is 0 Å². The van der Waals surface area contributed by atoms with Crippen molar-refractivity contribution in [2.75, 3.05) is 20.6 Å². The van der Waals surface area contributed by atoms with Crippen LogP contribution in [0.1, 0.15) is 28.5 Å². The zero-order valence-corrected chi connectivity index (χ0v) is 12.8. The molecule has 0 radical (unpaired) electrons. The molecule has 2 rings (SSSR count). The highest BCUT2D eigenvalue weighted by molar-refractivity contribution is 5.92. The predicted molar refractivity (Wildman–Crippen MR) is 83.0 cm³/mol. The molecule has 1 heterocycles. The van der Waals surface area contributed by atoms with Crippen LogP contribution in [0.5, 0.6) is 0 Å². The Morgan fingerprint density at radius 3 is 2.62 bits per heavy atom. The lowest BCUT2D eigenvalue weighted by Gasteiger charge is -2.21. The monoisotopic (exact) mass is 286 g/mol. The van der Waals surface area contributed by atoms with Crippen molar-refractivity contribution in [3.8, 4) is 0 Å². The highest BCUT2D eigenvalue weighted by Gasteiger charge is 2.17. The van der Waals surface area contributed by atoms with Crippen molar-refractivity contribution in [1.82, 2.24) is 19.8 Å². The molecule has 0 aliphatic rings. The van der Waals surface area contributed by atoms with E-state index in [1.165, 1.54) is 0 Å². The lowest BCUT2D eigenvalue weighted by molar-refractivity contribution is 0.0924. The summed E-state index contributed by atoms with van der Waals surface area (Å²) < 4.78 is 1.73. The molecule has 112 valence electrons. The fraction of sp³-hybridized carbons (Fsp3) is 0.375. The Kier molecular flexibility index (Phi) is 5.11. The van der Waals surface area contributed by atoms with E-state index in [1.807, 2.05) is 51.5 Å². The quantitative estimate of drug-likeness (QED) is 0.881. The van der Waals surface area contributed by atoms with Crippen LogP contribution >= 0.6 is 0 Å². The number of benzene rings is 1. The number of nitrogens with zero attached hydrogens (tertiary/aromatic N) is 3. The maximum absolute atomic E-state index is 12.4. The van der Waals surface area contributed by atoms with Crippen LogP contribution in [-0.4, -0.2) is 41.0 Å². The Labute approximate surface area is 125 Å². The number of nitrogens with one attached hydrogen (secondary N) is 1. The average molecular weight is 286 g/mol. The van der Waals surface area contributed by atoms with E-state index in [1.54, 1.807) is 17.1 Å². The lowest BCUT2D eigenvalue weighted by atomic mass is 10.0. The minimum absolute atomic E-state index is 0.00370. The molecule has 1 aromatic carbocycles. The van der Waals surface area contributed by atoms with Crippen LogP contribution < -0.4 is 5.32 Å². The third-order valence-electron chi connectivity index (χ3n) is 3.42. The Bertz CT molecular complexity index is 577. The lowest BCUT2D eigenvalue weighted by Crippen LogP contribution is -2.32. The van der Waals surface area contributed by atoms with Gasteiger partial charge in [0.25, 0.3) is 5.91 Å². The van der Waals surface area contributed by atoms with Crippen molar-refractivity contribution in [3.63, 3.8) is 0 Å². The van der Waals surface area contributed by atoms with Crippen LogP contribution in [0.15, 0.2) is 42.9 Å². The van der Waals surface area contributed by atoms with E-state index in [9.17, 15) is 4.79 Å². The second-order valence-corrected chi connectivity index (χ2v) is 5.42. The first-order valence-corrected chi connectivity index (χ1v) is 7.05. The number of hydrogen-bond acceptors (Lipinski definition) is 3. The highest BCUT2D eigenvalue weighted by atomic mass is 16.2. The Morgan fingerprint density at radius 2 is 2.05 bits per heavy atom. The molecule has 0 unspecified atom stereocenters. The van der Waals surface area contributed by atoms with Crippen LogP contribution in [-0.2, 0) is 7.05 Å². The second kappa shape index (κ2) is 7.04. The van der Waals surface area contributed by atoms with E-state index >= 15 is 0 Å². The van der Waals surface area contributed by atoms with Crippen molar-refractivity contribution in [1.29, 1.82) is 0 Å². The fourth-order valence-electron chi connectivity index (χ4n) is 2.20. The van der Waals surface area contributed by atoms with Gasteiger partial charge >= 0.3 is 0 Å². The summed E-state index contributed by atoms with van der Waals surface area (Å²) in [5.74, 6) is -0.0948. The molecule has 2 aromatic rings. The van der Waals surface area contributed by atoms with E-state index in [0.717, 1.165) is 18.5 Å². The second-order valence-electron chi connectivity index (χ2n) is 5.42. The first-order valence-electron chi connectivity index (χ1n) is 7.05. The molecule has 1 N–H and O–H groups in total. The van der Waals surface area contributed by atoms with E-state index in [2.05, 4.69) is 15.2 Å². The van der Waals surface area contributed by atoms with E-state index in [0.29, 0.717) is 5.69 Å². The van der Waals surface area contributed by atoms with Gasteiger partial charge in [0, 0.05) is 7.05 Å². The molecule has 5 nitrogen and oxygen atoms in total. The molecular weight excluding hydrogens is 264 g/mol. The van der Waals surface area contributed by atoms with Crippen molar-refractivity contribution in [2.45, 2.75) is 12.5 Å². The molecule has 0 spiro atoms. The van der Waals surface area contributed by atoms with Gasteiger partial charge in [-0.1, -0.05) is 30.3 Å². The Balaban J connectivity index is 2.12. The number of rotatable bonds is 6. The van der Waals surface area contributed by atoms with Crippen molar-refractivity contribution in [2.24, 2.45) is 7.05 Å².